The fourth-order valence-electron chi connectivity index (χ4n) is 5.19. The van der Waals surface area contributed by atoms with Crippen molar-refractivity contribution in [2.24, 2.45) is 11.8 Å². The summed E-state index contributed by atoms with van der Waals surface area (Å²) in [5, 5.41) is 0. The van der Waals surface area contributed by atoms with E-state index in [0.29, 0.717) is 38.9 Å². The Morgan fingerprint density at radius 2 is 1.37 bits per heavy atom. The topological polar surface area (TPSA) is 36.9 Å². The van der Waals surface area contributed by atoms with Crippen LogP contribution < -0.4 is 9.47 Å². The van der Waals surface area contributed by atoms with Crippen molar-refractivity contribution >= 4 is 0 Å². The second kappa shape index (κ2) is 12.5. The van der Waals surface area contributed by atoms with Crippen LogP contribution in [0.15, 0.2) is 36.9 Å². The Balaban J connectivity index is 1.40. The fourth-order valence-corrected chi connectivity index (χ4v) is 5.19. The van der Waals surface area contributed by atoms with Crippen molar-refractivity contribution in [2.45, 2.75) is 63.2 Å². The Hall–Kier alpha value is -2.93. The van der Waals surface area contributed by atoms with E-state index < -0.39 is 52.8 Å². The summed E-state index contributed by atoms with van der Waals surface area (Å²) < 4.78 is 143. The molecule has 2 aliphatic rings. The molecule has 1 aliphatic carbocycles. The highest BCUT2D eigenvalue weighted by Gasteiger charge is 2.43. The van der Waals surface area contributed by atoms with Gasteiger partial charge in [0.25, 0.3) is 0 Å². The van der Waals surface area contributed by atoms with Gasteiger partial charge in [0.05, 0.1) is 13.2 Å². The van der Waals surface area contributed by atoms with E-state index in [4.69, 9.17) is 9.47 Å². The zero-order chi connectivity index (χ0) is 29.9. The highest BCUT2D eigenvalue weighted by Crippen LogP contribution is 2.42. The molecule has 1 aliphatic heterocycles. The molecule has 0 spiro atoms. The average Bonchev–Trinajstić information content (AvgIpc) is 2.88. The molecule has 2 fully saturated rings. The Morgan fingerprint density at radius 1 is 0.805 bits per heavy atom. The molecule has 4 rings (SSSR count). The van der Waals surface area contributed by atoms with Crippen LogP contribution in [-0.2, 0) is 15.6 Å². The Bertz CT molecular complexity index is 1170. The molecule has 0 N–H and O–H groups in total. The van der Waals surface area contributed by atoms with E-state index in [-0.39, 0.29) is 41.7 Å². The molecule has 1 heterocycles. The highest BCUT2D eigenvalue weighted by molar-refractivity contribution is 5.37. The third-order valence-electron chi connectivity index (χ3n) is 7.19. The van der Waals surface area contributed by atoms with Gasteiger partial charge < -0.3 is 18.9 Å². The maximum Gasteiger partial charge on any atom is 0.573 e. The molecule has 0 unspecified atom stereocenters. The first-order chi connectivity index (χ1) is 19.3. The molecule has 226 valence electrons. The lowest BCUT2D eigenvalue weighted by molar-refractivity contribution is -0.276. The molecular weight excluding hydrogens is 571 g/mol. The molecule has 4 nitrogen and oxygen atoms in total. The van der Waals surface area contributed by atoms with Gasteiger partial charge in [0, 0.05) is 24.0 Å². The van der Waals surface area contributed by atoms with Gasteiger partial charge in [-0.25, -0.2) is 17.6 Å². The van der Waals surface area contributed by atoms with Crippen LogP contribution in [0.5, 0.6) is 11.5 Å². The summed E-state index contributed by atoms with van der Waals surface area (Å²) in [7, 11) is 0. The zero-order valence-electron chi connectivity index (χ0n) is 21.6. The minimum absolute atomic E-state index is 0.0259. The SMILES string of the molecule is C=CCCC1COC(C2CCC(c3cc(F)c(C(F)(F)Oc4cc(F)c(OC(F)(F)F)c(F)c4)c(F)c3)CC2)OC1. The van der Waals surface area contributed by atoms with Gasteiger partial charge in [-0.05, 0) is 62.1 Å². The van der Waals surface area contributed by atoms with Crippen molar-refractivity contribution in [1.82, 2.24) is 0 Å². The molecule has 41 heavy (non-hydrogen) atoms. The maximum atomic E-state index is 14.8. The van der Waals surface area contributed by atoms with Crippen LogP contribution in [0.25, 0.3) is 0 Å². The summed E-state index contributed by atoms with van der Waals surface area (Å²) in [5.74, 6) is -10.5. The summed E-state index contributed by atoms with van der Waals surface area (Å²) in [4.78, 5) is 0. The molecule has 2 aromatic carbocycles. The third kappa shape index (κ3) is 7.68. The van der Waals surface area contributed by atoms with Gasteiger partial charge >= 0.3 is 12.5 Å². The van der Waals surface area contributed by atoms with Crippen LogP contribution in [0.1, 0.15) is 55.6 Å². The average molecular weight is 599 g/mol. The van der Waals surface area contributed by atoms with Crippen LogP contribution >= 0.6 is 0 Å². The van der Waals surface area contributed by atoms with Crippen LogP contribution in [0.4, 0.5) is 39.5 Å². The Kier molecular flexibility index (Phi) is 9.47. The summed E-state index contributed by atoms with van der Waals surface area (Å²) in [6.45, 7) is 4.83. The number of rotatable bonds is 9. The van der Waals surface area contributed by atoms with Crippen molar-refractivity contribution in [3.63, 3.8) is 0 Å². The van der Waals surface area contributed by atoms with E-state index in [1.165, 1.54) is 0 Å². The van der Waals surface area contributed by atoms with Gasteiger partial charge in [0.2, 0.25) is 5.75 Å². The standard InChI is InChI=1S/C28H27F9O4/c1-2-3-4-15-13-38-26(39-14-15)17-7-5-16(6-8-17)18-9-20(29)24(21(30)10-18)27(33,34)40-19-11-22(31)25(23(32)12-19)41-28(35,36)37/h2,9-12,15-17,26H,1,3-8,13-14H2. The van der Waals surface area contributed by atoms with Crippen LogP contribution in [-0.4, -0.2) is 25.9 Å². The number of ether oxygens (including phenoxy) is 4. The lowest BCUT2D eigenvalue weighted by Gasteiger charge is -2.37. The first-order valence-corrected chi connectivity index (χ1v) is 12.9. The molecule has 0 radical (unpaired) electrons. The van der Waals surface area contributed by atoms with Gasteiger partial charge in [-0.15, -0.1) is 19.8 Å². The van der Waals surface area contributed by atoms with Gasteiger partial charge in [-0.3, -0.25) is 0 Å². The van der Waals surface area contributed by atoms with Gasteiger partial charge in [0.1, 0.15) is 22.9 Å². The van der Waals surface area contributed by atoms with E-state index in [1.54, 1.807) is 0 Å². The van der Waals surface area contributed by atoms with E-state index in [9.17, 15) is 39.5 Å². The molecular formula is C28H27F9O4. The predicted octanol–water partition coefficient (Wildman–Crippen LogP) is 8.50. The minimum atomic E-state index is -5.46. The summed E-state index contributed by atoms with van der Waals surface area (Å²) in [6, 6.07) is 1.45. The maximum absolute atomic E-state index is 14.8. The number of benzene rings is 2. The fraction of sp³-hybridized carbons (Fsp3) is 0.500. The zero-order valence-corrected chi connectivity index (χ0v) is 21.6. The lowest BCUT2D eigenvalue weighted by Crippen LogP contribution is -2.38. The number of alkyl halides is 5. The summed E-state index contributed by atoms with van der Waals surface area (Å²) in [6.07, 6.45) is -4.74. The van der Waals surface area contributed by atoms with E-state index in [0.717, 1.165) is 25.0 Å². The van der Waals surface area contributed by atoms with Crippen molar-refractivity contribution in [3.05, 3.63) is 71.3 Å². The lowest BCUT2D eigenvalue weighted by atomic mass is 9.78. The van der Waals surface area contributed by atoms with Crippen LogP contribution in [0.3, 0.4) is 0 Å². The monoisotopic (exact) mass is 598 g/mol. The van der Waals surface area contributed by atoms with Crippen LogP contribution in [0.2, 0.25) is 0 Å². The Labute approximate surface area is 230 Å². The normalized spacial score (nSPS) is 23.7. The molecule has 0 bridgehead atoms. The molecule has 1 saturated heterocycles. The summed E-state index contributed by atoms with van der Waals surface area (Å²) in [5.41, 5.74) is -1.67. The number of halogens is 9. The van der Waals surface area contributed by atoms with Crippen molar-refractivity contribution < 1.29 is 58.5 Å². The highest BCUT2D eigenvalue weighted by atomic mass is 19.4. The number of hydrogen-bond acceptors (Lipinski definition) is 4. The quantitative estimate of drug-likeness (QED) is 0.214. The third-order valence-corrected chi connectivity index (χ3v) is 7.19. The molecule has 0 amide bonds. The molecule has 0 aromatic heterocycles. The Morgan fingerprint density at radius 3 is 1.88 bits per heavy atom. The first kappa shape index (κ1) is 31.0. The van der Waals surface area contributed by atoms with Gasteiger partial charge in [-0.1, -0.05) is 6.08 Å². The smallest absolute Gasteiger partial charge is 0.429 e. The largest absolute Gasteiger partial charge is 0.573 e. The van der Waals surface area contributed by atoms with Gasteiger partial charge in [-0.2, -0.15) is 8.78 Å². The van der Waals surface area contributed by atoms with Gasteiger partial charge in [0.15, 0.2) is 17.9 Å². The van der Waals surface area contributed by atoms with E-state index in [2.05, 4.69) is 16.1 Å². The van der Waals surface area contributed by atoms with Crippen molar-refractivity contribution in [1.29, 1.82) is 0 Å². The minimum Gasteiger partial charge on any atom is -0.429 e. The second-order valence-corrected chi connectivity index (χ2v) is 10.1. The van der Waals surface area contributed by atoms with Crippen molar-refractivity contribution in [3.8, 4) is 11.5 Å². The first-order valence-electron chi connectivity index (χ1n) is 12.9. The molecule has 0 atom stereocenters. The number of hydrogen-bond donors (Lipinski definition) is 0. The number of allylic oxidation sites excluding steroid dienone is 1. The van der Waals surface area contributed by atoms with E-state index in [1.807, 2.05) is 6.08 Å². The second-order valence-electron chi connectivity index (χ2n) is 10.1. The van der Waals surface area contributed by atoms with Crippen molar-refractivity contribution in [2.75, 3.05) is 13.2 Å². The molecule has 13 heteroatoms. The molecule has 1 saturated carbocycles. The predicted molar refractivity (Wildman–Crippen MR) is 127 cm³/mol. The summed E-state index contributed by atoms with van der Waals surface area (Å²) >= 11 is 0. The van der Waals surface area contributed by atoms with E-state index >= 15 is 0 Å². The van der Waals surface area contributed by atoms with Crippen LogP contribution in [0, 0.1) is 35.1 Å². The molecule has 2 aromatic rings.